The maximum Gasteiger partial charge on any atom is 0.332 e. The van der Waals surface area contributed by atoms with Crippen molar-refractivity contribution in [3.8, 4) is 0 Å². The summed E-state index contributed by atoms with van der Waals surface area (Å²) in [6.45, 7) is 1.72. The Labute approximate surface area is 84.8 Å². The molecule has 6 nitrogen and oxygen atoms in total. The molecule has 0 fully saturated rings. The molecule has 2 heterocycles. The summed E-state index contributed by atoms with van der Waals surface area (Å²) in [4.78, 5) is 31.3. The van der Waals surface area contributed by atoms with Crippen LogP contribution in [0.1, 0.15) is 5.69 Å². The zero-order chi connectivity index (χ0) is 11.2. The minimum Gasteiger partial charge on any atom is -0.280 e. The number of nitrogens with zero attached hydrogens (tertiary/aromatic N) is 4. The molecule has 0 amide bonds. The van der Waals surface area contributed by atoms with Crippen molar-refractivity contribution in [1.29, 1.82) is 0 Å². The molecule has 0 aliphatic heterocycles. The largest absolute Gasteiger partial charge is 0.332 e. The normalized spacial score (nSPS) is 10.9. The predicted molar refractivity (Wildman–Crippen MR) is 54.8 cm³/mol. The van der Waals surface area contributed by atoms with Crippen LogP contribution < -0.4 is 11.2 Å². The van der Waals surface area contributed by atoms with E-state index in [-0.39, 0.29) is 11.2 Å². The topological polar surface area (TPSA) is 69.8 Å². The van der Waals surface area contributed by atoms with Gasteiger partial charge in [0.1, 0.15) is 11.7 Å². The van der Waals surface area contributed by atoms with Crippen molar-refractivity contribution in [3.63, 3.8) is 0 Å². The van der Waals surface area contributed by atoms with Gasteiger partial charge in [-0.15, -0.1) is 0 Å². The van der Waals surface area contributed by atoms with Crippen LogP contribution in [0.25, 0.3) is 11.0 Å². The molecular weight excluding hydrogens is 196 g/mol. The molecule has 15 heavy (non-hydrogen) atoms. The number of fused-ring (bicyclic) bond motifs is 1. The molecule has 2 rings (SSSR count). The molecule has 0 N–H and O–H groups in total. The number of aromatic nitrogens is 4. The predicted octanol–water partition coefficient (Wildman–Crippen LogP) is -0.664. The standard InChI is InChI=1S/C9H10N4O2/c1-5-6-7(11-4-10-5)12(2)9(15)13(3)8(6)14/h4H,1-3H3. The Bertz CT molecular complexity index is 653. The quantitative estimate of drug-likeness (QED) is 0.573. The Balaban J connectivity index is 3.23. The zero-order valence-corrected chi connectivity index (χ0v) is 8.68. The Morgan fingerprint density at radius 1 is 1.13 bits per heavy atom. The van der Waals surface area contributed by atoms with Crippen molar-refractivity contribution in [3.05, 3.63) is 32.9 Å². The van der Waals surface area contributed by atoms with Crippen molar-refractivity contribution in [2.45, 2.75) is 6.92 Å². The van der Waals surface area contributed by atoms with E-state index in [1.165, 1.54) is 17.9 Å². The molecule has 0 bridgehead atoms. The van der Waals surface area contributed by atoms with Gasteiger partial charge in [-0.25, -0.2) is 14.8 Å². The molecule has 0 aliphatic carbocycles. The van der Waals surface area contributed by atoms with Gasteiger partial charge in [0.15, 0.2) is 5.65 Å². The van der Waals surface area contributed by atoms with E-state index in [1.54, 1.807) is 14.0 Å². The number of aryl methyl sites for hydroxylation is 2. The third-order valence-corrected chi connectivity index (χ3v) is 2.43. The smallest absolute Gasteiger partial charge is 0.280 e. The van der Waals surface area contributed by atoms with Gasteiger partial charge in [-0.05, 0) is 6.92 Å². The maximum absolute atomic E-state index is 11.8. The third-order valence-electron chi connectivity index (χ3n) is 2.43. The number of hydrogen-bond donors (Lipinski definition) is 0. The Morgan fingerprint density at radius 3 is 2.47 bits per heavy atom. The lowest BCUT2D eigenvalue weighted by Gasteiger charge is -2.06. The van der Waals surface area contributed by atoms with Crippen LogP contribution >= 0.6 is 0 Å². The number of hydrogen-bond acceptors (Lipinski definition) is 4. The Kier molecular flexibility index (Phi) is 1.92. The summed E-state index contributed by atoms with van der Waals surface area (Å²) >= 11 is 0. The average molecular weight is 206 g/mol. The van der Waals surface area contributed by atoms with Crippen LogP contribution in [0, 0.1) is 6.92 Å². The van der Waals surface area contributed by atoms with Crippen LogP contribution in [0.15, 0.2) is 15.9 Å². The summed E-state index contributed by atoms with van der Waals surface area (Å²) in [5, 5.41) is 0.391. The van der Waals surface area contributed by atoms with Crippen LogP contribution in [0.2, 0.25) is 0 Å². The molecule has 0 radical (unpaired) electrons. The van der Waals surface area contributed by atoms with E-state index in [2.05, 4.69) is 9.97 Å². The van der Waals surface area contributed by atoms with Crippen molar-refractivity contribution >= 4 is 11.0 Å². The van der Waals surface area contributed by atoms with Crippen molar-refractivity contribution in [1.82, 2.24) is 19.1 Å². The van der Waals surface area contributed by atoms with Crippen LogP contribution in [0.3, 0.4) is 0 Å². The first-order valence-electron chi connectivity index (χ1n) is 4.41. The van der Waals surface area contributed by atoms with Gasteiger partial charge in [0, 0.05) is 14.1 Å². The first-order valence-corrected chi connectivity index (χ1v) is 4.41. The zero-order valence-electron chi connectivity index (χ0n) is 8.68. The SMILES string of the molecule is Cc1ncnc2c1c(=O)n(C)c(=O)n2C. The van der Waals surface area contributed by atoms with E-state index in [0.717, 1.165) is 4.57 Å². The fourth-order valence-corrected chi connectivity index (χ4v) is 1.54. The summed E-state index contributed by atoms with van der Waals surface area (Å²) in [6.07, 6.45) is 1.34. The minimum absolute atomic E-state index is 0.355. The molecule has 0 atom stereocenters. The first-order chi connectivity index (χ1) is 7.04. The van der Waals surface area contributed by atoms with E-state index in [0.29, 0.717) is 16.7 Å². The lowest BCUT2D eigenvalue weighted by molar-refractivity contribution is 0.705. The molecule has 2 aromatic rings. The first kappa shape index (κ1) is 9.57. The van der Waals surface area contributed by atoms with E-state index >= 15 is 0 Å². The fourth-order valence-electron chi connectivity index (χ4n) is 1.54. The van der Waals surface area contributed by atoms with Crippen LogP contribution in [-0.4, -0.2) is 19.1 Å². The van der Waals surface area contributed by atoms with Gasteiger partial charge in [0.2, 0.25) is 0 Å². The highest BCUT2D eigenvalue weighted by atomic mass is 16.2. The highest BCUT2D eigenvalue weighted by Gasteiger charge is 2.11. The molecule has 78 valence electrons. The van der Waals surface area contributed by atoms with E-state index in [9.17, 15) is 9.59 Å². The van der Waals surface area contributed by atoms with Gasteiger partial charge in [-0.1, -0.05) is 0 Å². The molecule has 0 spiro atoms. The van der Waals surface area contributed by atoms with Gasteiger partial charge >= 0.3 is 5.69 Å². The number of rotatable bonds is 0. The van der Waals surface area contributed by atoms with Gasteiger partial charge in [-0.3, -0.25) is 13.9 Å². The summed E-state index contributed by atoms with van der Waals surface area (Å²) in [5.41, 5.74) is 0.212. The summed E-state index contributed by atoms with van der Waals surface area (Å²) in [6, 6.07) is 0. The van der Waals surface area contributed by atoms with E-state index in [4.69, 9.17) is 0 Å². The summed E-state index contributed by atoms with van der Waals surface area (Å²) in [5.74, 6) is 0. The average Bonchev–Trinajstić information content (AvgIpc) is 2.23. The molecule has 0 saturated carbocycles. The molecule has 0 aliphatic rings. The molecule has 0 unspecified atom stereocenters. The van der Waals surface area contributed by atoms with Crippen molar-refractivity contribution in [2.24, 2.45) is 14.1 Å². The third kappa shape index (κ3) is 1.18. The lowest BCUT2D eigenvalue weighted by atomic mass is 10.3. The molecular formula is C9H10N4O2. The molecule has 6 heteroatoms. The van der Waals surface area contributed by atoms with Gasteiger partial charge in [0.05, 0.1) is 5.69 Å². The fraction of sp³-hybridized carbons (Fsp3) is 0.333. The van der Waals surface area contributed by atoms with Crippen LogP contribution in [0.5, 0.6) is 0 Å². The molecule has 0 saturated heterocycles. The van der Waals surface area contributed by atoms with Gasteiger partial charge in [0.25, 0.3) is 5.56 Å². The van der Waals surface area contributed by atoms with Crippen molar-refractivity contribution < 1.29 is 0 Å². The van der Waals surface area contributed by atoms with Crippen molar-refractivity contribution in [2.75, 3.05) is 0 Å². The lowest BCUT2D eigenvalue weighted by Crippen LogP contribution is -2.37. The molecule has 0 aromatic carbocycles. The van der Waals surface area contributed by atoms with E-state index < -0.39 is 0 Å². The highest BCUT2D eigenvalue weighted by molar-refractivity contribution is 5.75. The second-order valence-electron chi connectivity index (χ2n) is 3.36. The highest BCUT2D eigenvalue weighted by Crippen LogP contribution is 2.05. The van der Waals surface area contributed by atoms with Gasteiger partial charge < -0.3 is 0 Å². The van der Waals surface area contributed by atoms with Crippen LogP contribution in [0.4, 0.5) is 0 Å². The summed E-state index contributed by atoms with van der Waals surface area (Å²) < 4.78 is 2.39. The summed E-state index contributed by atoms with van der Waals surface area (Å²) in [7, 11) is 3.02. The second kappa shape index (κ2) is 3.01. The monoisotopic (exact) mass is 206 g/mol. The maximum atomic E-state index is 11.8. The minimum atomic E-state index is -0.384. The van der Waals surface area contributed by atoms with Gasteiger partial charge in [-0.2, -0.15) is 0 Å². The molecule has 2 aromatic heterocycles. The van der Waals surface area contributed by atoms with E-state index in [1.807, 2.05) is 0 Å². The Hall–Kier alpha value is -1.98. The van der Waals surface area contributed by atoms with Crippen LogP contribution in [-0.2, 0) is 14.1 Å². The second-order valence-corrected chi connectivity index (χ2v) is 3.36. The Morgan fingerprint density at radius 2 is 1.80 bits per heavy atom.